The first-order valence-electron chi connectivity index (χ1n) is 20.3. The fraction of sp³-hybridized carbons (Fsp3) is 0.422. The minimum absolute atomic E-state index is 0.0685. The van der Waals surface area contributed by atoms with Crippen LogP contribution in [0.15, 0.2) is 76.3 Å². The number of phenols is 2. The molecule has 4 aromatic carbocycles. The summed E-state index contributed by atoms with van der Waals surface area (Å²) in [6, 6.07) is 19.0. The fourth-order valence-corrected chi connectivity index (χ4v) is 9.27. The highest BCUT2D eigenvalue weighted by molar-refractivity contribution is 6.00. The molecule has 0 bridgehead atoms. The van der Waals surface area contributed by atoms with E-state index in [1.54, 1.807) is 40.1 Å². The third-order valence-electron chi connectivity index (χ3n) is 13.0. The number of nitrogens with one attached hydrogen (secondary N) is 2. The second-order valence-corrected chi connectivity index (χ2v) is 16.2. The number of phenolic OH excluding ortho intramolecular Hbond substituents is 2. The van der Waals surface area contributed by atoms with Gasteiger partial charge in [0.2, 0.25) is 0 Å². The van der Waals surface area contributed by atoms with Crippen LogP contribution in [0, 0.1) is 10.8 Å². The summed E-state index contributed by atoms with van der Waals surface area (Å²) in [6.07, 6.45) is 8.51. The molecule has 2 saturated carbocycles. The highest BCUT2D eigenvalue weighted by Crippen LogP contribution is 2.45. The van der Waals surface area contributed by atoms with Crippen LogP contribution in [0.3, 0.4) is 0 Å². The van der Waals surface area contributed by atoms with Crippen LogP contribution in [0.2, 0.25) is 0 Å². The number of ketones is 2. The third kappa shape index (κ3) is 7.57. The van der Waals surface area contributed by atoms with Gasteiger partial charge in [0.25, 0.3) is 22.7 Å². The van der Waals surface area contributed by atoms with Gasteiger partial charge in [-0.25, -0.2) is 0 Å². The predicted molar refractivity (Wildman–Crippen MR) is 221 cm³/mol. The Morgan fingerprint density at radius 3 is 1.67 bits per heavy atom. The zero-order chi connectivity index (χ0) is 41.2. The van der Waals surface area contributed by atoms with E-state index < -0.39 is 10.9 Å². The molecule has 2 aliphatic heterocycles. The molecule has 304 valence electrons. The van der Waals surface area contributed by atoms with Crippen molar-refractivity contribution in [3.63, 3.8) is 0 Å². The lowest BCUT2D eigenvalue weighted by Crippen LogP contribution is -2.44. The number of amides is 2. The van der Waals surface area contributed by atoms with E-state index in [4.69, 9.17) is 5.73 Å². The Kier molecular flexibility index (Phi) is 11.4. The molecule has 2 heterocycles. The van der Waals surface area contributed by atoms with Crippen molar-refractivity contribution in [3.8, 4) is 11.5 Å². The number of carbonyl (C=O) groups is 4. The maximum Gasteiger partial charge on any atom is 0.257 e. The summed E-state index contributed by atoms with van der Waals surface area (Å²) >= 11 is 0. The highest BCUT2D eigenvalue weighted by atomic mass is 16.3. The van der Waals surface area contributed by atoms with Crippen molar-refractivity contribution >= 4 is 46.1 Å². The molecule has 4 fully saturated rings. The average Bonchev–Trinajstić information content (AvgIpc) is 3.78. The van der Waals surface area contributed by atoms with Crippen LogP contribution in [0.4, 0.5) is 22.7 Å². The van der Waals surface area contributed by atoms with Crippen LogP contribution in [-0.2, 0) is 9.59 Å². The van der Waals surface area contributed by atoms with Gasteiger partial charge >= 0.3 is 0 Å². The maximum absolute atomic E-state index is 13.3. The van der Waals surface area contributed by atoms with Gasteiger partial charge in [-0.1, -0.05) is 49.4 Å². The molecular formula is C45H51N5O8. The molecule has 4 aromatic rings. The molecule has 0 aromatic heterocycles. The molecule has 1 unspecified atom stereocenters. The van der Waals surface area contributed by atoms with Crippen molar-refractivity contribution in [2.45, 2.75) is 83.6 Å². The van der Waals surface area contributed by atoms with Gasteiger partial charge < -0.3 is 36.4 Å². The quantitative estimate of drug-likeness (QED) is 0.0772. The Hall–Kier alpha value is -5.98. The van der Waals surface area contributed by atoms with Gasteiger partial charge in [0.1, 0.15) is 22.9 Å². The van der Waals surface area contributed by atoms with E-state index in [0.717, 1.165) is 44.1 Å². The lowest BCUT2D eigenvalue weighted by atomic mass is 9.76. The third-order valence-corrected chi connectivity index (χ3v) is 13.0. The van der Waals surface area contributed by atoms with Crippen molar-refractivity contribution < 1.29 is 29.4 Å². The second-order valence-electron chi connectivity index (χ2n) is 16.2. The van der Waals surface area contributed by atoms with E-state index in [0.29, 0.717) is 69.8 Å². The van der Waals surface area contributed by atoms with Crippen molar-refractivity contribution in [1.29, 1.82) is 0 Å². The van der Waals surface area contributed by atoms with E-state index in [-0.39, 0.29) is 74.1 Å². The Morgan fingerprint density at radius 2 is 1.17 bits per heavy atom. The topological polar surface area (TPSA) is 199 Å². The number of nitrogen functional groups attached to an aromatic ring is 1. The summed E-state index contributed by atoms with van der Waals surface area (Å²) in [4.78, 5) is 78.3. The summed E-state index contributed by atoms with van der Waals surface area (Å²) < 4.78 is 0. The molecule has 2 amide bonds. The molecule has 2 aliphatic carbocycles. The van der Waals surface area contributed by atoms with Gasteiger partial charge in [0.15, 0.2) is 11.5 Å². The molecule has 4 aliphatic rings. The molecule has 13 heteroatoms. The van der Waals surface area contributed by atoms with Crippen molar-refractivity contribution in [2.24, 2.45) is 10.8 Å². The van der Waals surface area contributed by atoms with Gasteiger partial charge in [0.05, 0.1) is 28.5 Å². The number of Topliss-reactive ketones (excluding diaryl/α,β-unsaturated/α-hetero) is 2. The molecule has 58 heavy (non-hydrogen) atoms. The number of nitrogens with two attached hydrogens (primary N) is 1. The average molecular weight is 790 g/mol. The molecule has 6 N–H and O–H groups in total. The lowest BCUT2D eigenvalue weighted by Gasteiger charge is -2.38. The molecule has 1 atom stereocenters. The first-order valence-corrected chi connectivity index (χ1v) is 20.3. The molecular weight excluding hydrogens is 739 g/mol. The van der Waals surface area contributed by atoms with Gasteiger partial charge in [0, 0.05) is 49.9 Å². The number of piperidine rings is 2. The largest absolute Gasteiger partial charge is 0.505 e. The van der Waals surface area contributed by atoms with Gasteiger partial charge in [-0.2, -0.15) is 0 Å². The summed E-state index contributed by atoms with van der Waals surface area (Å²) in [5, 5.41) is 26.9. The molecule has 8 rings (SSSR count). The Balaban J connectivity index is 0.000000206. The number of rotatable bonds is 8. The van der Waals surface area contributed by atoms with Crippen LogP contribution in [0.1, 0.15) is 110 Å². The zero-order valence-corrected chi connectivity index (χ0v) is 32.9. The number of likely N-dealkylation sites (tertiary alicyclic amines) is 2. The molecule has 0 radical (unpaired) electrons. The van der Waals surface area contributed by atoms with Crippen LogP contribution in [0.25, 0.3) is 0 Å². The van der Waals surface area contributed by atoms with Crippen molar-refractivity contribution in [2.75, 3.05) is 42.5 Å². The number of para-hydroxylation sites is 2. The minimum Gasteiger partial charge on any atom is -0.505 e. The molecule has 13 nitrogen and oxygen atoms in total. The standard InChI is InChI=1S/C29H31N3O5.C16H20N2O3/c1-2-20(18-8-4-3-5-9-18)30-23-24(27(36)26(23)35)31-21-11-6-10-19(25(21)34)28(37)32-16-14-29(15-17-32)13-7-12-22(29)33;17-12-4-1-3-11(14(12)20)15(21)18-9-7-16(8-10-18)6-2-5-13(16)19/h3-6,8-11,20,30-31,34H,2,7,12-17H2,1H3;1,3-4,20H,2,5-10,17H2. The molecule has 2 spiro atoms. The number of anilines is 4. The van der Waals surface area contributed by atoms with Gasteiger partial charge in [-0.3, -0.25) is 28.8 Å². The second kappa shape index (κ2) is 16.5. The van der Waals surface area contributed by atoms with Gasteiger partial charge in [-0.15, -0.1) is 0 Å². The van der Waals surface area contributed by atoms with Crippen LogP contribution in [0.5, 0.6) is 11.5 Å². The smallest absolute Gasteiger partial charge is 0.257 e. The predicted octanol–water partition coefficient (Wildman–Crippen LogP) is 6.22. The van der Waals surface area contributed by atoms with Crippen LogP contribution < -0.4 is 27.2 Å². The summed E-state index contributed by atoms with van der Waals surface area (Å²) in [5.41, 5.74) is 5.83. The van der Waals surface area contributed by atoms with E-state index >= 15 is 0 Å². The summed E-state index contributed by atoms with van der Waals surface area (Å²) in [6.45, 7) is 4.05. The number of aromatic hydroxyl groups is 2. The number of carbonyl (C=O) groups excluding carboxylic acids is 4. The SMILES string of the molecule is CCC(Nc1c(Nc2cccc(C(=O)N3CCC4(CCCC4=O)CC3)c2O)c(=O)c1=O)c1ccccc1.Nc1cccc(C(=O)N2CCC3(CCCC3=O)CC2)c1O. The highest BCUT2D eigenvalue weighted by Gasteiger charge is 2.46. The van der Waals surface area contributed by atoms with Gasteiger partial charge in [-0.05, 0) is 87.6 Å². The van der Waals surface area contributed by atoms with E-state index in [9.17, 15) is 39.0 Å². The lowest BCUT2D eigenvalue weighted by molar-refractivity contribution is -0.128. The zero-order valence-electron chi connectivity index (χ0n) is 32.9. The number of benzene rings is 3. The van der Waals surface area contributed by atoms with E-state index in [2.05, 4.69) is 10.6 Å². The molecule has 2 saturated heterocycles. The normalized spacial score (nSPS) is 18.9. The van der Waals surface area contributed by atoms with Crippen LogP contribution in [-0.4, -0.2) is 69.6 Å². The first kappa shape index (κ1) is 40.2. The minimum atomic E-state index is -0.677. The Morgan fingerprint density at radius 1 is 0.672 bits per heavy atom. The number of hydrogen-bond donors (Lipinski definition) is 5. The monoisotopic (exact) mass is 789 g/mol. The Bertz CT molecular complexity index is 2280. The number of hydrogen-bond acceptors (Lipinski definition) is 11. The van der Waals surface area contributed by atoms with Crippen LogP contribution >= 0.6 is 0 Å². The summed E-state index contributed by atoms with van der Waals surface area (Å²) in [7, 11) is 0. The van der Waals surface area contributed by atoms with E-state index in [1.807, 2.05) is 37.3 Å². The van der Waals surface area contributed by atoms with Crippen molar-refractivity contribution in [3.05, 3.63) is 104 Å². The summed E-state index contributed by atoms with van der Waals surface area (Å²) in [5.74, 6) is -0.288. The Labute approximate surface area is 336 Å². The van der Waals surface area contributed by atoms with Crippen molar-refractivity contribution in [1.82, 2.24) is 9.80 Å². The van der Waals surface area contributed by atoms with E-state index in [1.165, 1.54) is 6.07 Å². The first-order chi connectivity index (χ1) is 27.9. The fourth-order valence-electron chi connectivity index (χ4n) is 9.27. The maximum atomic E-state index is 13.3. The number of nitrogens with zero attached hydrogens (tertiary/aromatic N) is 2.